The third kappa shape index (κ3) is 8.53. The number of halogens is 2. The monoisotopic (exact) mass is 595 g/mol. The van der Waals surface area contributed by atoms with Crippen LogP contribution < -0.4 is 9.62 Å². The van der Waals surface area contributed by atoms with Crippen molar-refractivity contribution in [2.75, 3.05) is 17.1 Å². The molecule has 1 saturated carbocycles. The molecule has 7 nitrogen and oxygen atoms in total. The number of hydrogen-bond donors (Lipinski definition) is 1. The Morgan fingerprint density at radius 3 is 2.46 bits per heavy atom. The van der Waals surface area contributed by atoms with E-state index in [1.54, 1.807) is 13.0 Å². The number of nitrogens with one attached hydrogen (secondary N) is 1. The number of sulfonamides is 1. The van der Waals surface area contributed by atoms with E-state index in [4.69, 9.17) is 0 Å². The van der Waals surface area contributed by atoms with Crippen molar-refractivity contribution < 1.29 is 22.4 Å². The first kappa shape index (κ1) is 29.1. The molecular weight excluding hydrogens is 561 g/mol. The second-order valence-corrected chi connectivity index (χ2v) is 12.4. The Morgan fingerprint density at radius 2 is 1.81 bits per heavy atom. The van der Waals surface area contributed by atoms with Crippen LogP contribution in [-0.2, 0) is 26.2 Å². The van der Waals surface area contributed by atoms with Crippen molar-refractivity contribution >= 4 is 43.5 Å². The largest absolute Gasteiger partial charge is 0.352 e. The van der Waals surface area contributed by atoms with Crippen molar-refractivity contribution in [3.8, 4) is 0 Å². The van der Waals surface area contributed by atoms with Crippen LogP contribution in [0.2, 0.25) is 0 Å². The summed E-state index contributed by atoms with van der Waals surface area (Å²) >= 11 is 3.45. The van der Waals surface area contributed by atoms with Crippen LogP contribution in [-0.4, -0.2) is 50.0 Å². The highest BCUT2D eigenvalue weighted by Gasteiger charge is 2.28. The van der Waals surface area contributed by atoms with Crippen molar-refractivity contribution in [2.45, 2.75) is 70.5 Å². The van der Waals surface area contributed by atoms with Gasteiger partial charge in [-0.3, -0.25) is 13.9 Å². The van der Waals surface area contributed by atoms with Crippen LogP contribution in [0.5, 0.6) is 0 Å². The maximum Gasteiger partial charge on any atom is 0.242 e. The van der Waals surface area contributed by atoms with Gasteiger partial charge >= 0.3 is 0 Å². The van der Waals surface area contributed by atoms with Crippen LogP contribution in [0, 0.1) is 5.82 Å². The van der Waals surface area contributed by atoms with Crippen LogP contribution in [0.4, 0.5) is 10.1 Å². The molecule has 0 aromatic heterocycles. The number of nitrogens with zero attached hydrogens (tertiary/aromatic N) is 2. The highest BCUT2D eigenvalue weighted by Crippen LogP contribution is 2.23. The van der Waals surface area contributed by atoms with Crippen molar-refractivity contribution in [3.05, 3.63) is 64.4 Å². The first-order chi connectivity index (χ1) is 17.6. The van der Waals surface area contributed by atoms with Gasteiger partial charge in [0.25, 0.3) is 0 Å². The Kier molecular flexibility index (Phi) is 10.5. The van der Waals surface area contributed by atoms with Crippen LogP contribution in [0.15, 0.2) is 53.0 Å². The molecule has 202 valence electrons. The maximum atomic E-state index is 14.3. The molecule has 2 amide bonds. The first-order valence-electron chi connectivity index (χ1n) is 12.6. The molecule has 0 bridgehead atoms. The number of carbonyl (C=O) groups is 2. The fraction of sp³-hybridized carbons (Fsp3) is 0.481. The number of rotatable bonds is 11. The molecule has 0 spiro atoms. The predicted octanol–water partition coefficient (Wildman–Crippen LogP) is 5.00. The Bertz CT molecular complexity index is 1190. The summed E-state index contributed by atoms with van der Waals surface area (Å²) in [4.78, 5) is 28.0. The van der Waals surface area contributed by atoms with E-state index in [2.05, 4.69) is 21.2 Å². The van der Waals surface area contributed by atoms with E-state index >= 15 is 0 Å². The third-order valence-corrected chi connectivity index (χ3v) is 8.31. The van der Waals surface area contributed by atoms with Gasteiger partial charge < -0.3 is 10.2 Å². The summed E-state index contributed by atoms with van der Waals surface area (Å²) in [6.45, 7) is 1.90. The highest BCUT2D eigenvalue weighted by atomic mass is 79.9. The Labute approximate surface area is 227 Å². The quantitative estimate of drug-likeness (QED) is 0.396. The fourth-order valence-corrected chi connectivity index (χ4v) is 6.03. The minimum Gasteiger partial charge on any atom is -0.352 e. The van der Waals surface area contributed by atoms with Crippen LogP contribution in [0.1, 0.15) is 57.4 Å². The van der Waals surface area contributed by atoms with Crippen LogP contribution >= 0.6 is 15.9 Å². The molecule has 10 heteroatoms. The SMILES string of the molecule is CC(C(=O)NC1CCCCC1)N(Cc1cccc(Br)c1)C(=O)CCCN(c1ccccc1F)S(C)(=O)=O. The molecule has 37 heavy (non-hydrogen) atoms. The molecule has 3 rings (SSSR count). The summed E-state index contributed by atoms with van der Waals surface area (Å²) in [6, 6.07) is 12.6. The second-order valence-electron chi connectivity index (χ2n) is 9.56. The van der Waals surface area contributed by atoms with E-state index in [9.17, 15) is 22.4 Å². The molecule has 0 aliphatic heterocycles. The second kappa shape index (κ2) is 13.4. The number of benzene rings is 2. The van der Waals surface area contributed by atoms with Crippen LogP contribution in [0.3, 0.4) is 0 Å². The van der Waals surface area contributed by atoms with Crippen molar-refractivity contribution in [1.29, 1.82) is 0 Å². The minimum absolute atomic E-state index is 0.00945. The molecule has 0 radical (unpaired) electrons. The number of carbonyl (C=O) groups excluding carboxylic acids is 2. The number of hydrogen-bond acceptors (Lipinski definition) is 4. The molecule has 2 aromatic carbocycles. The average molecular weight is 597 g/mol. The van der Waals surface area contributed by atoms with E-state index in [-0.39, 0.29) is 49.5 Å². The summed E-state index contributed by atoms with van der Waals surface area (Å²) in [5.41, 5.74) is 0.813. The van der Waals surface area contributed by atoms with Gasteiger partial charge in [-0.25, -0.2) is 12.8 Å². The predicted molar refractivity (Wildman–Crippen MR) is 147 cm³/mol. The third-order valence-electron chi connectivity index (χ3n) is 6.63. The van der Waals surface area contributed by atoms with Gasteiger partial charge in [0, 0.05) is 30.0 Å². The summed E-state index contributed by atoms with van der Waals surface area (Å²) in [6.07, 6.45) is 6.41. The van der Waals surface area contributed by atoms with Crippen molar-refractivity contribution in [1.82, 2.24) is 10.2 Å². The molecule has 1 aliphatic carbocycles. The standard InChI is InChI=1S/C27H35BrFN3O4S/c1-20(27(34)30-23-12-4-3-5-13-23)31(19-21-10-8-11-22(28)18-21)26(33)16-9-17-32(37(2,35)36)25-15-7-6-14-24(25)29/h6-8,10-11,14-15,18,20,23H,3-5,9,12-13,16-17,19H2,1-2H3,(H,30,34). The average Bonchev–Trinajstić information content (AvgIpc) is 2.85. The van der Waals surface area contributed by atoms with Gasteiger partial charge in [0.05, 0.1) is 11.9 Å². The zero-order valence-electron chi connectivity index (χ0n) is 21.3. The van der Waals surface area contributed by atoms with E-state index < -0.39 is 21.9 Å². The smallest absolute Gasteiger partial charge is 0.242 e. The zero-order chi connectivity index (χ0) is 27.0. The summed E-state index contributed by atoms with van der Waals surface area (Å²) < 4.78 is 40.9. The molecule has 1 aliphatic rings. The van der Waals surface area contributed by atoms with Crippen LogP contribution in [0.25, 0.3) is 0 Å². The lowest BCUT2D eigenvalue weighted by Gasteiger charge is -2.31. The summed E-state index contributed by atoms with van der Waals surface area (Å²) in [5, 5.41) is 3.10. The molecule has 1 fully saturated rings. The van der Waals surface area contributed by atoms with Gasteiger partial charge in [0.1, 0.15) is 11.9 Å². The lowest BCUT2D eigenvalue weighted by atomic mass is 9.95. The zero-order valence-corrected chi connectivity index (χ0v) is 23.7. The van der Waals surface area contributed by atoms with E-state index in [1.165, 1.54) is 29.5 Å². The fourth-order valence-electron chi connectivity index (χ4n) is 4.62. The van der Waals surface area contributed by atoms with Gasteiger partial charge in [0.2, 0.25) is 21.8 Å². The Morgan fingerprint density at radius 1 is 1.11 bits per heavy atom. The molecular formula is C27H35BrFN3O4S. The van der Waals surface area contributed by atoms with E-state index in [1.807, 2.05) is 24.3 Å². The van der Waals surface area contributed by atoms with E-state index in [0.29, 0.717) is 0 Å². The van der Waals surface area contributed by atoms with Gasteiger partial charge in [-0.2, -0.15) is 0 Å². The minimum atomic E-state index is -3.76. The number of anilines is 1. The van der Waals surface area contributed by atoms with Crippen molar-refractivity contribution in [3.63, 3.8) is 0 Å². The molecule has 1 unspecified atom stereocenters. The van der Waals surface area contributed by atoms with Gasteiger partial charge in [-0.15, -0.1) is 0 Å². The normalized spacial score (nSPS) is 15.1. The van der Waals surface area contributed by atoms with E-state index in [0.717, 1.165) is 46.3 Å². The topological polar surface area (TPSA) is 86.8 Å². The molecule has 1 N–H and O–H groups in total. The number of amides is 2. The summed E-state index contributed by atoms with van der Waals surface area (Å²) in [7, 11) is -3.76. The molecule has 0 saturated heterocycles. The van der Waals surface area contributed by atoms with Crippen molar-refractivity contribution in [2.24, 2.45) is 0 Å². The molecule has 0 heterocycles. The lowest BCUT2D eigenvalue weighted by Crippen LogP contribution is -2.50. The maximum absolute atomic E-state index is 14.3. The molecule has 1 atom stereocenters. The van der Waals surface area contributed by atoms with Gasteiger partial charge in [-0.05, 0) is 56.0 Å². The summed E-state index contributed by atoms with van der Waals surface area (Å²) in [5.74, 6) is -1.11. The molecule has 2 aromatic rings. The lowest BCUT2D eigenvalue weighted by molar-refractivity contribution is -0.141. The van der Waals surface area contributed by atoms with Gasteiger partial charge in [-0.1, -0.05) is 59.5 Å². The number of para-hydroxylation sites is 1. The Balaban J connectivity index is 1.72. The Hall–Kier alpha value is -2.46. The highest BCUT2D eigenvalue weighted by molar-refractivity contribution is 9.10. The first-order valence-corrected chi connectivity index (χ1v) is 15.3. The van der Waals surface area contributed by atoms with Gasteiger partial charge in [0.15, 0.2) is 0 Å².